The van der Waals surface area contributed by atoms with E-state index in [9.17, 15) is 0 Å². The van der Waals surface area contributed by atoms with Crippen LogP contribution in [-0.2, 0) is 9.47 Å². The lowest BCUT2D eigenvalue weighted by Gasteiger charge is -2.58. The average molecular weight is 283 g/mol. The van der Waals surface area contributed by atoms with Crippen LogP contribution in [0, 0.1) is 5.41 Å². The Hall–Kier alpha value is -0.120. The quantitative estimate of drug-likeness (QED) is 0.739. The fourth-order valence-corrected chi connectivity index (χ4v) is 4.35. The fraction of sp³-hybridized carbons (Fsp3) is 1.00. The maximum atomic E-state index is 6.03. The molecule has 0 amide bonds. The topological polar surface area (TPSA) is 30.5 Å². The average Bonchev–Trinajstić information content (AvgIpc) is 2.47. The van der Waals surface area contributed by atoms with Gasteiger partial charge in [-0.25, -0.2) is 0 Å². The third-order valence-electron chi connectivity index (χ3n) is 5.38. The maximum absolute atomic E-state index is 6.03. The van der Waals surface area contributed by atoms with Crippen LogP contribution < -0.4 is 5.32 Å². The first kappa shape index (κ1) is 16.3. The van der Waals surface area contributed by atoms with E-state index in [1.807, 2.05) is 7.11 Å². The molecule has 2 aliphatic carbocycles. The molecule has 2 fully saturated rings. The number of hydrogen-bond acceptors (Lipinski definition) is 3. The summed E-state index contributed by atoms with van der Waals surface area (Å²) in [7, 11) is 1.81. The predicted molar refractivity (Wildman–Crippen MR) is 83.0 cm³/mol. The Labute approximate surface area is 124 Å². The molecule has 1 spiro atoms. The number of nitrogens with one attached hydrogen (secondary N) is 1. The summed E-state index contributed by atoms with van der Waals surface area (Å²) >= 11 is 0. The molecule has 0 saturated heterocycles. The zero-order valence-electron chi connectivity index (χ0n) is 13.6. The molecule has 3 unspecified atom stereocenters. The summed E-state index contributed by atoms with van der Waals surface area (Å²) in [6.45, 7) is 6.07. The van der Waals surface area contributed by atoms with Gasteiger partial charge in [-0.1, -0.05) is 32.6 Å². The van der Waals surface area contributed by atoms with E-state index >= 15 is 0 Å². The van der Waals surface area contributed by atoms with E-state index in [1.165, 1.54) is 51.4 Å². The van der Waals surface area contributed by atoms with Gasteiger partial charge in [-0.05, 0) is 32.6 Å². The SMILES string of the molecule is CCCC(COC)NC1CC(OCC)C12CCCCC2. The molecule has 2 aliphatic rings. The van der Waals surface area contributed by atoms with Gasteiger partial charge in [-0.15, -0.1) is 0 Å². The minimum absolute atomic E-state index is 0.425. The Kier molecular flexibility index (Phi) is 6.31. The molecule has 0 aromatic rings. The van der Waals surface area contributed by atoms with Crippen molar-refractivity contribution in [2.75, 3.05) is 20.3 Å². The van der Waals surface area contributed by atoms with Crippen LogP contribution in [0.25, 0.3) is 0 Å². The van der Waals surface area contributed by atoms with Crippen LogP contribution in [0.2, 0.25) is 0 Å². The second-order valence-electron chi connectivity index (χ2n) is 6.63. The van der Waals surface area contributed by atoms with Crippen molar-refractivity contribution in [3.63, 3.8) is 0 Å². The summed E-state index contributed by atoms with van der Waals surface area (Å²) in [4.78, 5) is 0. The van der Waals surface area contributed by atoms with Crippen molar-refractivity contribution in [2.45, 2.75) is 83.4 Å². The minimum atomic E-state index is 0.425. The Balaban J connectivity index is 1.96. The van der Waals surface area contributed by atoms with Gasteiger partial charge < -0.3 is 14.8 Å². The first-order chi connectivity index (χ1) is 9.76. The van der Waals surface area contributed by atoms with E-state index in [2.05, 4.69) is 19.2 Å². The standard InChI is InChI=1S/C17H33NO2/c1-4-9-14(13-19-3)18-15-12-16(20-5-2)17(15)10-7-6-8-11-17/h14-16,18H,4-13H2,1-3H3. The molecule has 0 aromatic carbocycles. The second kappa shape index (κ2) is 7.77. The first-order valence-electron chi connectivity index (χ1n) is 8.63. The van der Waals surface area contributed by atoms with E-state index in [1.54, 1.807) is 0 Å². The van der Waals surface area contributed by atoms with Gasteiger partial charge in [-0.2, -0.15) is 0 Å². The van der Waals surface area contributed by atoms with E-state index in [0.717, 1.165) is 13.2 Å². The van der Waals surface area contributed by atoms with Crippen molar-refractivity contribution in [1.82, 2.24) is 5.32 Å². The molecule has 2 saturated carbocycles. The van der Waals surface area contributed by atoms with Gasteiger partial charge in [0.05, 0.1) is 12.7 Å². The number of hydrogen-bond donors (Lipinski definition) is 1. The largest absolute Gasteiger partial charge is 0.383 e. The van der Waals surface area contributed by atoms with Crippen molar-refractivity contribution >= 4 is 0 Å². The second-order valence-corrected chi connectivity index (χ2v) is 6.63. The third-order valence-corrected chi connectivity index (χ3v) is 5.38. The highest BCUT2D eigenvalue weighted by molar-refractivity contribution is 5.09. The molecule has 2 rings (SSSR count). The highest BCUT2D eigenvalue weighted by Gasteiger charge is 2.55. The third kappa shape index (κ3) is 3.37. The van der Waals surface area contributed by atoms with Crippen molar-refractivity contribution in [3.8, 4) is 0 Å². The molecule has 20 heavy (non-hydrogen) atoms. The zero-order valence-corrected chi connectivity index (χ0v) is 13.6. The highest BCUT2D eigenvalue weighted by Crippen LogP contribution is 2.53. The molecule has 1 N–H and O–H groups in total. The molecule has 0 aromatic heterocycles. The molecule has 3 nitrogen and oxygen atoms in total. The Bertz CT molecular complexity index is 270. The van der Waals surface area contributed by atoms with Gasteiger partial charge in [0.2, 0.25) is 0 Å². The summed E-state index contributed by atoms with van der Waals surface area (Å²) in [5.74, 6) is 0. The number of methoxy groups -OCH3 is 1. The lowest BCUT2D eigenvalue weighted by atomic mass is 9.55. The smallest absolute Gasteiger partial charge is 0.0661 e. The van der Waals surface area contributed by atoms with Crippen LogP contribution in [0.15, 0.2) is 0 Å². The molecular formula is C17H33NO2. The van der Waals surface area contributed by atoms with Gasteiger partial charge in [0.15, 0.2) is 0 Å². The van der Waals surface area contributed by atoms with Gasteiger partial charge in [0.25, 0.3) is 0 Å². The van der Waals surface area contributed by atoms with Crippen LogP contribution in [-0.4, -0.2) is 38.5 Å². The summed E-state index contributed by atoms with van der Waals surface area (Å²) in [5, 5.41) is 3.90. The Morgan fingerprint density at radius 2 is 1.95 bits per heavy atom. The van der Waals surface area contributed by atoms with Crippen molar-refractivity contribution in [1.29, 1.82) is 0 Å². The van der Waals surface area contributed by atoms with E-state index < -0.39 is 0 Å². The van der Waals surface area contributed by atoms with E-state index in [-0.39, 0.29) is 0 Å². The van der Waals surface area contributed by atoms with Gasteiger partial charge in [-0.3, -0.25) is 0 Å². The molecule has 0 radical (unpaired) electrons. The van der Waals surface area contributed by atoms with Gasteiger partial charge in [0.1, 0.15) is 0 Å². The molecule has 3 atom stereocenters. The van der Waals surface area contributed by atoms with E-state index in [4.69, 9.17) is 9.47 Å². The van der Waals surface area contributed by atoms with Crippen LogP contribution in [0.4, 0.5) is 0 Å². The molecular weight excluding hydrogens is 250 g/mol. The Morgan fingerprint density at radius 3 is 2.55 bits per heavy atom. The molecule has 0 heterocycles. The van der Waals surface area contributed by atoms with Crippen LogP contribution in [0.3, 0.4) is 0 Å². The highest BCUT2D eigenvalue weighted by atomic mass is 16.5. The number of ether oxygens (including phenoxy) is 2. The Morgan fingerprint density at radius 1 is 1.20 bits per heavy atom. The first-order valence-corrected chi connectivity index (χ1v) is 8.63. The van der Waals surface area contributed by atoms with Crippen molar-refractivity contribution < 1.29 is 9.47 Å². The minimum Gasteiger partial charge on any atom is -0.383 e. The fourth-order valence-electron chi connectivity index (χ4n) is 4.35. The van der Waals surface area contributed by atoms with Crippen LogP contribution in [0.1, 0.15) is 65.2 Å². The summed E-state index contributed by atoms with van der Waals surface area (Å²) in [6, 6.07) is 1.16. The van der Waals surface area contributed by atoms with Crippen LogP contribution in [0.5, 0.6) is 0 Å². The maximum Gasteiger partial charge on any atom is 0.0661 e. The molecule has 0 bridgehead atoms. The zero-order chi connectivity index (χ0) is 14.4. The number of rotatable bonds is 8. The molecule has 3 heteroatoms. The summed E-state index contributed by atoms with van der Waals surface area (Å²) in [6.07, 6.45) is 11.0. The summed E-state index contributed by atoms with van der Waals surface area (Å²) in [5.41, 5.74) is 0.425. The normalized spacial score (nSPS) is 30.1. The monoisotopic (exact) mass is 283 g/mol. The van der Waals surface area contributed by atoms with Gasteiger partial charge in [0, 0.05) is 31.2 Å². The summed E-state index contributed by atoms with van der Waals surface area (Å²) < 4.78 is 11.4. The molecule has 0 aliphatic heterocycles. The lowest BCUT2D eigenvalue weighted by Crippen LogP contribution is -2.66. The lowest BCUT2D eigenvalue weighted by molar-refractivity contribution is -0.153. The predicted octanol–water partition coefficient (Wildman–Crippen LogP) is 3.52. The van der Waals surface area contributed by atoms with Gasteiger partial charge >= 0.3 is 0 Å². The van der Waals surface area contributed by atoms with Crippen molar-refractivity contribution in [2.24, 2.45) is 5.41 Å². The van der Waals surface area contributed by atoms with E-state index in [0.29, 0.717) is 23.6 Å². The van der Waals surface area contributed by atoms with Crippen LogP contribution >= 0.6 is 0 Å². The van der Waals surface area contributed by atoms with Crippen molar-refractivity contribution in [3.05, 3.63) is 0 Å². The molecule has 118 valence electrons.